The molecule has 0 saturated heterocycles. The van der Waals surface area contributed by atoms with Crippen LogP contribution in [0.3, 0.4) is 0 Å². The molecule has 0 radical (unpaired) electrons. The van der Waals surface area contributed by atoms with Gasteiger partial charge in [0.1, 0.15) is 11.6 Å². The lowest BCUT2D eigenvalue weighted by molar-refractivity contribution is 0.415. The Bertz CT molecular complexity index is 1600. The van der Waals surface area contributed by atoms with E-state index in [1.54, 1.807) is 18.4 Å². The van der Waals surface area contributed by atoms with Gasteiger partial charge >= 0.3 is 0 Å². The molecule has 0 aliphatic carbocycles. The Morgan fingerprint density at radius 1 is 1.06 bits per heavy atom. The maximum Gasteiger partial charge on any atom is 0.259 e. The highest BCUT2D eigenvalue weighted by atomic mass is 35.5. The average molecular weight is 487 g/mol. The van der Waals surface area contributed by atoms with E-state index in [0.717, 1.165) is 37.6 Å². The van der Waals surface area contributed by atoms with Crippen LogP contribution in [0.5, 0.6) is 17.4 Å². The highest BCUT2D eigenvalue weighted by molar-refractivity contribution is 7.19. The topological polar surface area (TPSA) is 64.2 Å². The van der Waals surface area contributed by atoms with Gasteiger partial charge in [0.05, 0.1) is 23.5 Å². The van der Waals surface area contributed by atoms with Crippen LogP contribution in [0.25, 0.3) is 21.5 Å². The summed E-state index contributed by atoms with van der Waals surface area (Å²) in [6, 6.07) is 21.2. The number of halogens is 1. The molecule has 3 aromatic carbocycles. The highest BCUT2D eigenvalue weighted by Gasteiger charge is 2.36. The Labute approximate surface area is 204 Å². The SMILES string of the molecule is COc1ccc(-c2nc3c(c(=O)[nH]2)C(c2ccc(Cl)cc2)c2sc4c(C)cccc4c2O3)cc1. The summed E-state index contributed by atoms with van der Waals surface area (Å²) in [5.74, 6) is 1.94. The molecular formula is C27H19ClN2O3S. The molecule has 0 fully saturated rings. The van der Waals surface area contributed by atoms with Crippen molar-refractivity contribution in [1.29, 1.82) is 0 Å². The van der Waals surface area contributed by atoms with Crippen molar-refractivity contribution in [3.05, 3.63) is 104 Å². The fourth-order valence-electron chi connectivity index (χ4n) is 4.43. The Morgan fingerprint density at radius 2 is 1.82 bits per heavy atom. The number of aromatic amines is 1. The van der Waals surface area contributed by atoms with Gasteiger partial charge in [-0.1, -0.05) is 35.9 Å². The lowest BCUT2D eigenvalue weighted by atomic mass is 9.89. The van der Waals surface area contributed by atoms with Crippen molar-refractivity contribution in [2.24, 2.45) is 0 Å². The summed E-state index contributed by atoms with van der Waals surface area (Å²) in [6.45, 7) is 2.08. The number of thiophene rings is 1. The third-order valence-corrected chi connectivity index (χ3v) is 7.77. The number of rotatable bonds is 3. The predicted octanol–water partition coefficient (Wildman–Crippen LogP) is 6.91. The fraction of sp³-hybridized carbons (Fsp3) is 0.111. The first-order valence-corrected chi connectivity index (χ1v) is 12.0. The Hall–Kier alpha value is -3.61. The van der Waals surface area contributed by atoms with Gasteiger partial charge in [0.15, 0.2) is 5.75 Å². The molecular weight excluding hydrogens is 468 g/mol. The first-order valence-electron chi connectivity index (χ1n) is 10.8. The molecule has 34 heavy (non-hydrogen) atoms. The van der Waals surface area contributed by atoms with Gasteiger partial charge in [0.25, 0.3) is 5.56 Å². The van der Waals surface area contributed by atoms with Crippen LogP contribution in [0.2, 0.25) is 5.02 Å². The molecule has 0 spiro atoms. The van der Waals surface area contributed by atoms with Crippen molar-refractivity contribution in [2.75, 3.05) is 7.11 Å². The van der Waals surface area contributed by atoms with Crippen LogP contribution in [0, 0.1) is 6.92 Å². The van der Waals surface area contributed by atoms with Crippen molar-refractivity contribution in [3.63, 3.8) is 0 Å². The summed E-state index contributed by atoms with van der Waals surface area (Å²) >= 11 is 7.82. The second-order valence-electron chi connectivity index (χ2n) is 8.20. The van der Waals surface area contributed by atoms with Crippen molar-refractivity contribution < 1.29 is 9.47 Å². The molecule has 1 N–H and O–H groups in total. The number of hydrogen-bond acceptors (Lipinski definition) is 5. The summed E-state index contributed by atoms with van der Waals surface area (Å²) in [7, 11) is 1.61. The van der Waals surface area contributed by atoms with Gasteiger partial charge in [0.2, 0.25) is 5.88 Å². The molecule has 1 atom stereocenters. The van der Waals surface area contributed by atoms with Gasteiger partial charge in [0, 0.05) is 20.7 Å². The summed E-state index contributed by atoms with van der Waals surface area (Å²) in [6.07, 6.45) is 0. The largest absolute Gasteiger partial charge is 0.497 e. The highest BCUT2D eigenvalue weighted by Crippen LogP contribution is 2.53. The lowest BCUT2D eigenvalue weighted by Crippen LogP contribution is -2.23. The smallest absolute Gasteiger partial charge is 0.259 e. The maximum atomic E-state index is 13.5. The van der Waals surface area contributed by atoms with Crippen LogP contribution >= 0.6 is 22.9 Å². The van der Waals surface area contributed by atoms with Crippen molar-refractivity contribution in [2.45, 2.75) is 12.8 Å². The van der Waals surface area contributed by atoms with Crippen LogP contribution in [-0.2, 0) is 0 Å². The number of nitrogens with one attached hydrogen (secondary N) is 1. The average Bonchev–Trinajstić information content (AvgIpc) is 3.23. The zero-order chi connectivity index (χ0) is 23.4. The zero-order valence-corrected chi connectivity index (χ0v) is 20.0. The van der Waals surface area contributed by atoms with Gasteiger partial charge in [-0.3, -0.25) is 4.79 Å². The molecule has 1 unspecified atom stereocenters. The van der Waals surface area contributed by atoms with Crippen molar-refractivity contribution in [3.8, 4) is 28.8 Å². The summed E-state index contributed by atoms with van der Waals surface area (Å²) in [4.78, 5) is 22.2. The van der Waals surface area contributed by atoms with Crippen LogP contribution in [-0.4, -0.2) is 17.1 Å². The molecule has 0 bridgehead atoms. The summed E-state index contributed by atoms with van der Waals surface area (Å²) < 4.78 is 12.8. The molecule has 1 aliphatic rings. The van der Waals surface area contributed by atoms with Crippen LogP contribution in [0.4, 0.5) is 0 Å². The first-order chi connectivity index (χ1) is 16.5. The lowest BCUT2D eigenvalue weighted by Gasteiger charge is -2.25. The minimum Gasteiger partial charge on any atom is -0.497 e. The standard InChI is InChI=1S/C27H19ClN2O3S/c1-14-4-3-5-19-22-24(34-23(14)19)20(15-6-10-17(28)11-7-15)21-26(31)29-25(30-27(21)33-22)16-8-12-18(32-2)13-9-16/h3-13,20H,1-2H3,(H,29,30,31). The molecule has 5 aromatic rings. The number of nitrogens with zero attached hydrogens (tertiary/aromatic N) is 1. The number of fused-ring (bicyclic) bond motifs is 4. The monoisotopic (exact) mass is 486 g/mol. The van der Waals surface area contributed by atoms with Crippen LogP contribution in [0.1, 0.15) is 27.5 Å². The number of H-pyrrole nitrogens is 1. The van der Waals surface area contributed by atoms with E-state index < -0.39 is 0 Å². The second kappa shape index (κ2) is 8.01. The molecule has 3 heterocycles. The summed E-state index contributed by atoms with van der Waals surface area (Å²) in [5, 5.41) is 1.67. The Morgan fingerprint density at radius 3 is 2.56 bits per heavy atom. The molecule has 168 valence electrons. The summed E-state index contributed by atoms with van der Waals surface area (Å²) in [5.41, 5.74) is 3.17. The zero-order valence-electron chi connectivity index (χ0n) is 18.4. The van der Waals surface area contributed by atoms with Crippen LogP contribution in [0.15, 0.2) is 71.5 Å². The molecule has 7 heteroatoms. The quantitative estimate of drug-likeness (QED) is 0.295. The molecule has 5 nitrogen and oxygen atoms in total. The van der Waals surface area contributed by atoms with E-state index in [4.69, 9.17) is 26.1 Å². The molecule has 0 amide bonds. The number of methoxy groups -OCH3 is 1. The molecule has 1 aliphatic heterocycles. The second-order valence-corrected chi connectivity index (χ2v) is 9.68. The Balaban J connectivity index is 1.59. The van der Waals surface area contributed by atoms with Crippen molar-refractivity contribution >= 4 is 33.0 Å². The van der Waals surface area contributed by atoms with Gasteiger partial charge in [-0.2, -0.15) is 4.98 Å². The van der Waals surface area contributed by atoms with E-state index in [9.17, 15) is 4.79 Å². The van der Waals surface area contributed by atoms with E-state index in [2.05, 4.69) is 24.0 Å². The van der Waals surface area contributed by atoms with E-state index in [1.165, 1.54) is 5.56 Å². The fourth-order valence-corrected chi connectivity index (χ4v) is 5.89. The Kier molecular flexibility index (Phi) is 4.94. The number of aromatic nitrogens is 2. The van der Waals surface area contributed by atoms with E-state index in [-0.39, 0.29) is 11.5 Å². The maximum absolute atomic E-state index is 13.5. The van der Waals surface area contributed by atoms with E-state index >= 15 is 0 Å². The van der Waals surface area contributed by atoms with E-state index in [1.807, 2.05) is 54.6 Å². The molecule has 0 saturated carbocycles. The third kappa shape index (κ3) is 3.30. The number of aryl methyl sites for hydroxylation is 1. The van der Waals surface area contributed by atoms with Crippen molar-refractivity contribution in [1.82, 2.24) is 9.97 Å². The minimum absolute atomic E-state index is 0.226. The van der Waals surface area contributed by atoms with Gasteiger partial charge in [-0.25, -0.2) is 0 Å². The van der Waals surface area contributed by atoms with Gasteiger partial charge in [-0.05, 0) is 60.5 Å². The third-order valence-electron chi connectivity index (χ3n) is 6.13. The van der Waals surface area contributed by atoms with E-state index in [0.29, 0.717) is 22.3 Å². The molecule has 6 rings (SSSR count). The predicted molar refractivity (Wildman–Crippen MR) is 136 cm³/mol. The van der Waals surface area contributed by atoms with Gasteiger partial charge in [-0.15, -0.1) is 11.3 Å². The number of benzene rings is 3. The first kappa shape index (κ1) is 21.0. The molecule has 2 aromatic heterocycles. The number of hydrogen-bond donors (Lipinski definition) is 1. The number of ether oxygens (including phenoxy) is 2. The normalized spacial score (nSPS) is 14.4. The minimum atomic E-state index is -0.311. The van der Waals surface area contributed by atoms with Crippen LogP contribution < -0.4 is 15.0 Å². The van der Waals surface area contributed by atoms with Gasteiger partial charge < -0.3 is 14.5 Å².